The summed E-state index contributed by atoms with van der Waals surface area (Å²) in [6, 6.07) is 0. The number of alkyl halides is 9. The second-order valence-electron chi connectivity index (χ2n) is 3.06. The first-order valence-electron chi connectivity index (χ1n) is 3.80. The van der Waals surface area contributed by atoms with E-state index in [1.807, 2.05) is 6.58 Å². The molecule has 106 valence electrons. The van der Waals surface area contributed by atoms with E-state index in [-0.39, 0.29) is 0 Å². The Kier molecular flexibility index (Phi) is 3.73. The van der Waals surface area contributed by atoms with Gasteiger partial charge in [-0.15, -0.1) is 0 Å². The standard InChI is InChI=1S/C7H4F9NO/c1-2(3(17)18)4(8,9)5(10,11)6(12,13)7(14,15)16/h1H2,(H2,17,18). The Labute approximate surface area is 93.2 Å². The Morgan fingerprint density at radius 2 is 1.17 bits per heavy atom. The Balaban J connectivity index is 5.79. The van der Waals surface area contributed by atoms with Crippen LogP contribution >= 0.6 is 0 Å². The molecule has 0 saturated carbocycles. The van der Waals surface area contributed by atoms with Crippen LogP contribution in [0.4, 0.5) is 39.5 Å². The third-order valence-electron chi connectivity index (χ3n) is 1.82. The second kappa shape index (κ2) is 4.05. The first kappa shape index (κ1) is 16.6. The monoisotopic (exact) mass is 289 g/mol. The summed E-state index contributed by atoms with van der Waals surface area (Å²) in [5.41, 5.74) is 1.53. The predicted molar refractivity (Wildman–Crippen MR) is 39.2 cm³/mol. The van der Waals surface area contributed by atoms with E-state index < -0.39 is 35.4 Å². The molecule has 18 heavy (non-hydrogen) atoms. The van der Waals surface area contributed by atoms with E-state index >= 15 is 0 Å². The van der Waals surface area contributed by atoms with Gasteiger partial charge < -0.3 is 5.73 Å². The number of halogens is 9. The minimum atomic E-state index is -7.07. The van der Waals surface area contributed by atoms with Crippen molar-refractivity contribution in [3.63, 3.8) is 0 Å². The first-order valence-corrected chi connectivity index (χ1v) is 3.80. The first-order chi connectivity index (χ1) is 7.60. The number of hydrogen-bond acceptors (Lipinski definition) is 1. The van der Waals surface area contributed by atoms with E-state index in [2.05, 4.69) is 5.73 Å². The van der Waals surface area contributed by atoms with Gasteiger partial charge in [0.05, 0.1) is 5.57 Å². The zero-order chi connectivity index (χ0) is 15.2. The molecular weight excluding hydrogens is 285 g/mol. The number of carbonyl (C=O) groups is 1. The molecule has 2 nitrogen and oxygen atoms in total. The van der Waals surface area contributed by atoms with Gasteiger partial charge in [0.25, 0.3) is 0 Å². The average molecular weight is 289 g/mol. The molecule has 11 heteroatoms. The van der Waals surface area contributed by atoms with E-state index in [0.29, 0.717) is 0 Å². The van der Waals surface area contributed by atoms with E-state index in [9.17, 15) is 44.3 Å². The molecule has 0 unspecified atom stereocenters. The summed E-state index contributed by atoms with van der Waals surface area (Å²) >= 11 is 0. The number of rotatable bonds is 4. The maximum Gasteiger partial charge on any atom is 0.460 e. The fourth-order valence-corrected chi connectivity index (χ4v) is 0.719. The van der Waals surface area contributed by atoms with Gasteiger partial charge in [0.1, 0.15) is 0 Å². The minimum absolute atomic E-state index is 1.98. The lowest BCUT2D eigenvalue weighted by Crippen LogP contribution is -2.62. The summed E-state index contributed by atoms with van der Waals surface area (Å²) in [7, 11) is 0. The van der Waals surface area contributed by atoms with Gasteiger partial charge in [0.2, 0.25) is 5.91 Å². The number of carbonyl (C=O) groups excluding carboxylic acids is 1. The van der Waals surface area contributed by atoms with E-state index in [1.54, 1.807) is 0 Å². The van der Waals surface area contributed by atoms with Crippen molar-refractivity contribution >= 4 is 5.91 Å². The fraction of sp³-hybridized carbons (Fsp3) is 0.571. The van der Waals surface area contributed by atoms with Crippen LogP contribution in [0.15, 0.2) is 12.2 Å². The van der Waals surface area contributed by atoms with Crippen molar-refractivity contribution in [2.24, 2.45) is 5.73 Å². The Hall–Kier alpha value is -1.42. The SMILES string of the molecule is C=C(C(N)=O)C(F)(F)C(F)(F)C(F)(F)C(F)(F)F. The van der Waals surface area contributed by atoms with Crippen LogP contribution in [0.3, 0.4) is 0 Å². The molecular formula is C7H4F9NO. The lowest BCUT2D eigenvalue weighted by atomic mass is 9.97. The molecule has 0 spiro atoms. The van der Waals surface area contributed by atoms with Crippen LogP contribution in [0.25, 0.3) is 0 Å². The maximum atomic E-state index is 12.7. The molecule has 0 aliphatic rings. The largest absolute Gasteiger partial charge is 0.460 e. The van der Waals surface area contributed by atoms with Gasteiger partial charge in [-0.3, -0.25) is 4.79 Å². The molecule has 2 N–H and O–H groups in total. The van der Waals surface area contributed by atoms with E-state index in [0.717, 1.165) is 0 Å². The predicted octanol–water partition coefficient (Wildman–Crippen LogP) is 2.50. The molecule has 0 aliphatic heterocycles. The van der Waals surface area contributed by atoms with Gasteiger partial charge in [-0.1, -0.05) is 6.58 Å². The summed E-state index contributed by atoms with van der Waals surface area (Å²) in [6.07, 6.45) is -6.95. The van der Waals surface area contributed by atoms with Crippen molar-refractivity contribution in [3.8, 4) is 0 Å². The topological polar surface area (TPSA) is 43.1 Å². The molecule has 0 aromatic carbocycles. The van der Waals surface area contributed by atoms with Gasteiger partial charge in [-0.25, -0.2) is 0 Å². The van der Waals surface area contributed by atoms with Crippen molar-refractivity contribution in [1.82, 2.24) is 0 Å². The van der Waals surface area contributed by atoms with Crippen LogP contribution in [-0.4, -0.2) is 29.9 Å². The van der Waals surface area contributed by atoms with E-state index in [1.165, 1.54) is 0 Å². The highest BCUT2D eigenvalue weighted by molar-refractivity contribution is 5.93. The Bertz CT molecular complexity index is 370. The quantitative estimate of drug-likeness (QED) is 0.627. The van der Waals surface area contributed by atoms with Crippen molar-refractivity contribution in [3.05, 3.63) is 12.2 Å². The highest BCUT2D eigenvalue weighted by Crippen LogP contribution is 2.54. The highest BCUT2D eigenvalue weighted by atomic mass is 19.4. The summed E-state index contributed by atoms with van der Waals surface area (Å²) < 4.78 is 110. The van der Waals surface area contributed by atoms with Crippen LogP contribution in [0.2, 0.25) is 0 Å². The normalized spacial score (nSPS) is 14.5. The molecule has 0 heterocycles. The lowest BCUT2D eigenvalue weighted by Gasteiger charge is -2.33. The van der Waals surface area contributed by atoms with Crippen molar-refractivity contribution in [2.75, 3.05) is 0 Å². The maximum absolute atomic E-state index is 12.7. The van der Waals surface area contributed by atoms with Crippen molar-refractivity contribution in [1.29, 1.82) is 0 Å². The molecule has 1 amide bonds. The average Bonchev–Trinajstić information content (AvgIpc) is 2.13. The third-order valence-corrected chi connectivity index (χ3v) is 1.82. The van der Waals surface area contributed by atoms with Crippen LogP contribution < -0.4 is 5.73 Å². The summed E-state index contributed by atoms with van der Waals surface area (Å²) in [6.45, 7) is 1.98. The number of primary amides is 1. The summed E-state index contributed by atoms with van der Waals surface area (Å²) in [5.74, 6) is -22.5. The molecule has 0 atom stereocenters. The van der Waals surface area contributed by atoms with Gasteiger partial charge in [0, 0.05) is 0 Å². The number of nitrogens with two attached hydrogens (primary N) is 1. The molecule has 0 radical (unpaired) electrons. The molecule has 0 fully saturated rings. The summed E-state index contributed by atoms with van der Waals surface area (Å²) in [4.78, 5) is 10.2. The number of amides is 1. The second-order valence-corrected chi connectivity index (χ2v) is 3.06. The van der Waals surface area contributed by atoms with Crippen LogP contribution in [0.5, 0.6) is 0 Å². The Morgan fingerprint density at radius 3 is 1.39 bits per heavy atom. The minimum Gasteiger partial charge on any atom is -0.366 e. The molecule has 0 aliphatic carbocycles. The van der Waals surface area contributed by atoms with Gasteiger partial charge in [0.15, 0.2) is 0 Å². The van der Waals surface area contributed by atoms with E-state index in [4.69, 9.17) is 0 Å². The lowest BCUT2D eigenvalue weighted by molar-refractivity contribution is -0.389. The fourth-order valence-electron chi connectivity index (χ4n) is 0.719. The van der Waals surface area contributed by atoms with Gasteiger partial charge >= 0.3 is 23.9 Å². The molecule has 0 aromatic heterocycles. The molecule has 0 aromatic rings. The van der Waals surface area contributed by atoms with Crippen LogP contribution in [-0.2, 0) is 4.79 Å². The zero-order valence-corrected chi connectivity index (χ0v) is 8.09. The van der Waals surface area contributed by atoms with Gasteiger partial charge in [-0.05, 0) is 0 Å². The number of hydrogen-bond donors (Lipinski definition) is 1. The molecule has 0 bridgehead atoms. The Morgan fingerprint density at radius 1 is 0.833 bits per heavy atom. The molecule has 0 saturated heterocycles. The van der Waals surface area contributed by atoms with Crippen LogP contribution in [0, 0.1) is 0 Å². The zero-order valence-electron chi connectivity index (χ0n) is 8.09. The summed E-state index contributed by atoms with van der Waals surface area (Å²) in [5, 5.41) is 0. The highest BCUT2D eigenvalue weighted by Gasteiger charge is 2.82. The molecule has 0 rings (SSSR count). The van der Waals surface area contributed by atoms with Gasteiger partial charge in [-0.2, -0.15) is 39.5 Å². The van der Waals surface area contributed by atoms with Crippen LogP contribution in [0.1, 0.15) is 0 Å². The third kappa shape index (κ3) is 2.12. The van der Waals surface area contributed by atoms with Crippen molar-refractivity contribution in [2.45, 2.75) is 23.9 Å². The van der Waals surface area contributed by atoms with Crippen molar-refractivity contribution < 1.29 is 44.3 Å². The smallest absolute Gasteiger partial charge is 0.366 e.